The zero-order valence-corrected chi connectivity index (χ0v) is 5.96. The van der Waals surface area contributed by atoms with Gasteiger partial charge in [-0.1, -0.05) is 0 Å². The Labute approximate surface area is 64.0 Å². The van der Waals surface area contributed by atoms with Crippen molar-refractivity contribution in [2.24, 2.45) is 0 Å². The van der Waals surface area contributed by atoms with Gasteiger partial charge in [0, 0.05) is 12.8 Å². The van der Waals surface area contributed by atoms with Crippen LogP contribution in [0.1, 0.15) is 19.3 Å². The van der Waals surface area contributed by atoms with Crippen molar-refractivity contribution in [3.8, 4) is 0 Å². The third kappa shape index (κ3) is 2.43. The van der Waals surface area contributed by atoms with E-state index in [1.165, 1.54) is 0 Å². The van der Waals surface area contributed by atoms with Crippen LogP contribution in [0, 0.1) is 6.57 Å². The van der Waals surface area contributed by atoms with Crippen molar-refractivity contribution in [2.45, 2.75) is 38.0 Å². The molecule has 0 amide bonds. The normalized spacial score (nSPS) is 30.7. The lowest BCUT2D eigenvalue weighted by Gasteiger charge is -2.07. The number of ether oxygens (including phenoxy) is 1. The molecule has 0 aromatic carbocycles. The average Bonchev–Trinajstić information content (AvgIpc) is 2.34. The van der Waals surface area contributed by atoms with Gasteiger partial charge in [-0.3, -0.25) is 0 Å². The van der Waals surface area contributed by atoms with Gasteiger partial charge in [0.25, 0.3) is 0 Å². The van der Waals surface area contributed by atoms with Crippen LogP contribution in [0.5, 0.6) is 0 Å². The molecule has 1 fully saturated rings. The molecule has 0 N–H and O–H groups in total. The van der Waals surface area contributed by atoms with Crippen LogP contribution < -0.4 is 0 Å². The Morgan fingerprint density at radius 1 is 1.45 bits per heavy atom. The monoisotopic (exact) mass is 161 g/mol. The number of hydrogen-bond acceptors (Lipinski definition) is 1. The van der Waals surface area contributed by atoms with Gasteiger partial charge in [-0.25, -0.2) is 6.57 Å². The summed E-state index contributed by atoms with van der Waals surface area (Å²) in [4.78, 5) is 3.27. The first kappa shape index (κ1) is 8.41. The second kappa shape index (κ2) is 3.63. The van der Waals surface area contributed by atoms with Crippen molar-refractivity contribution in [1.29, 1.82) is 0 Å². The predicted molar refractivity (Wildman–Crippen MR) is 35.1 cm³/mol. The summed E-state index contributed by atoms with van der Waals surface area (Å²) in [6.45, 7) is 3.96. The second-order valence-electron chi connectivity index (χ2n) is 2.61. The number of nitrogens with zero attached hydrogens (tertiary/aromatic N) is 1. The highest BCUT2D eigenvalue weighted by atomic mass is 19.3. The molecule has 0 bridgehead atoms. The number of halogens is 2. The third-order valence-corrected chi connectivity index (χ3v) is 1.83. The molecule has 0 aliphatic heterocycles. The summed E-state index contributed by atoms with van der Waals surface area (Å²) >= 11 is 0. The Hall–Kier alpha value is -0.690. The van der Waals surface area contributed by atoms with E-state index in [4.69, 9.17) is 6.57 Å². The third-order valence-electron chi connectivity index (χ3n) is 1.83. The van der Waals surface area contributed by atoms with Gasteiger partial charge < -0.3 is 9.58 Å². The highest BCUT2D eigenvalue weighted by Crippen LogP contribution is 2.25. The average molecular weight is 161 g/mol. The fraction of sp³-hybridized carbons (Fsp3) is 0.857. The van der Waals surface area contributed by atoms with Gasteiger partial charge in [-0.05, 0) is 6.42 Å². The van der Waals surface area contributed by atoms with Crippen LogP contribution in [0.2, 0.25) is 0 Å². The van der Waals surface area contributed by atoms with Crippen LogP contribution in [0.25, 0.3) is 4.85 Å². The van der Waals surface area contributed by atoms with Crippen molar-refractivity contribution in [2.75, 3.05) is 0 Å². The minimum Gasteiger partial charge on any atom is -0.319 e. The summed E-state index contributed by atoms with van der Waals surface area (Å²) in [5.74, 6) is 0. The van der Waals surface area contributed by atoms with Gasteiger partial charge in [0.1, 0.15) is 0 Å². The molecule has 1 rings (SSSR count). The van der Waals surface area contributed by atoms with Crippen molar-refractivity contribution < 1.29 is 13.5 Å². The number of alkyl halides is 2. The topological polar surface area (TPSA) is 13.6 Å². The quantitative estimate of drug-likeness (QED) is 0.565. The molecule has 2 nitrogen and oxygen atoms in total. The Bertz CT molecular complexity index is 166. The van der Waals surface area contributed by atoms with E-state index in [1.807, 2.05) is 0 Å². The maximum Gasteiger partial charge on any atom is 0.345 e. The van der Waals surface area contributed by atoms with E-state index in [0.29, 0.717) is 19.3 Å². The van der Waals surface area contributed by atoms with Crippen molar-refractivity contribution in [3.63, 3.8) is 0 Å². The molecule has 2 unspecified atom stereocenters. The van der Waals surface area contributed by atoms with E-state index in [1.54, 1.807) is 0 Å². The lowest BCUT2D eigenvalue weighted by molar-refractivity contribution is -0.160. The fourth-order valence-corrected chi connectivity index (χ4v) is 1.30. The molecular weight excluding hydrogens is 152 g/mol. The van der Waals surface area contributed by atoms with E-state index in [-0.39, 0.29) is 6.04 Å². The van der Waals surface area contributed by atoms with Gasteiger partial charge in [-0.15, -0.1) is 0 Å². The Morgan fingerprint density at radius 2 is 2.18 bits per heavy atom. The predicted octanol–water partition coefficient (Wildman–Crippen LogP) is 2.07. The van der Waals surface area contributed by atoms with E-state index >= 15 is 0 Å². The molecule has 1 aliphatic rings. The molecule has 0 saturated heterocycles. The van der Waals surface area contributed by atoms with Gasteiger partial charge in [0.15, 0.2) is 0 Å². The van der Waals surface area contributed by atoms with Crippen LogP contribution in [0.4, 0.5) is 8.78 Å². The largest absolute Gasteiger partial charge is 0.345 e. The SMILES string of the molecule is [C-]#[N+]C1CCC(OC(F)F)C1. The number of hydrogen-bond donors (Lipinski definition) is 0. The summed E-state index contributed by atoms with van der Waals surface area (Å²) in [6.07, 6.45) is 1.36. The van der Waals surface area contributed by atoms with Gasteiger partial charge in [-0.2, -0.15) is 8.78 Å². The summed E-state index contributed by atoms with van der Waals surface area (Å²) < 4.78 is 27.5. The highest BCUT2D eigenvalue weighted by Gasteiger charge is 2.30. The molecule has 0 aromatic rings. The Kier molecular flexibility index (Phi) is 2.77. The molecular formula is C7H9F2NO. The summed E-state index contributed by atoms with van der Waals surface area (Å²) in [7, 11) is 0. The maximum absolute atomic E-state index is 11.6. The molecule has 1 aliphatic carbocycles. The van der Waals surface area contributed by atoms with Crippen molar-refractivity contribution in [3.05, 3.63) is 11.4 Å². The van der Waals surface area contributed by atoms with E-state index in [0.717, 1.165) is 0 Å². The summed E-state index contributed by atoms with van der Waals surface area (Å²) in [5.41, 5.74) is 0. The van der Waals surface area contributed by atoms with Crippen LogP contribution in [0.3, 0.4) is 0 Å². The van der Waals surface area contributed by atoms with Gasteiger partial charge >= 0.3 is 6.61 Å². The molecule has 62 valence electrons. The summed E-state index contributed by atoms with van der Waals surface area (Å²) in [6, 6.07) is -0.0984. The van der Waals surface area contributed by atoms with E-state index in [9.17, 15) is 8.78 Å². The minimum atomic E-state index is -2.69. The fourth-order valence-electron chi connectivity index (χ4n) is 1.30. The van der Waals surface area contributed by atoms with Crippen LogP contribution in [0.15, 0.2) is 0 Å². The molecule has 4 heteroatoms. The molecule has 1 saturated carbocycles. The first-order valence-electron chi connectivity index (χ1n) is 3.52. The molecule has 11 heavy (non-hydrogen) atoms. The van der Waals surface area contributed by atoms with E-state index < -0.39 is 12.7 Å². The first-order chi connectivity index (χ1) is 5.22. The Balaban J connectivity index is 2.26. The second-order valence-corrected chi connectivity index (χ2v) is 2.61. The molecule has 0 spiro atoms. The lowest BCUT2D eigenvalue weighted by Crippen LogP contribution is -2.12. The van der Waals surface area contributed by atoms with Crippen molar-refractivity contribution >= 4 is 0 Å². The highest BCUT2D eigenvalue weighted by molar-refractivity contribution is 4.88. The molecule has 2 atom stereocenters. The van der Waals surface area contributed by atoms with Gasteiger partial charge in [0.05, 0.1) is 6.10 Å². The standard InChI is InChI=1S/C7H9F2NO/c1-10-5-2-3-6(4-5)11-7(8)9/h5-7H,2-4H2. The Morgan fingerprint density at radius 3 is 2.64 bits per heavy atom. The van der Waals surface area contributed by atoms with Gasteiger partial charge in [0.2, 0.25) is 6.04 Å². The smallest absolute Gasteiger partial charge is 0.319 e. The molecule has 0 heterocycles. The zero-order valence-electron chi connectivity index (χ0n) is 5.96. The van der Waals surface area contributed by atoms with Crippen molar-refractivity contribution in [1.82, 2.24) is 0 Å². The zero-order chi connectivity index (χ0) is 8.27. The van der Waals surface area contributed by atoms with Crippen LogP contribution in [-0.4, -0.2) is 18.8 Å². The van der Waals surface area contributed by atoms with Crippen LogP contribution in [-0.2, 0) is 4.74 Å². The lowest BCUT2D eigenvalue weighted by atomic mass is 10.3. The molecule has 0 radical (unpaired) electrons. The number of rotatable bonds is 2. The maximum atomic E-state index is 11.6. The molecule has 0 aromatic heterocycles. The first-order valence-corrected chi connectivity index (χ1v) is 3.52. The van der Waals surface area contributed by atoms with E-state index in [2.05, 4.69) is 9.58 Å². The summed E-state index contributed by atoms with van der Waals surface area (Å²) in [5, 5.41) is 0. The van der Waals surface area contributed by atoms with Crippen LogP contribution >= 0.6 is 0 Å². The minimum absolute atomic E-state index is 0.0984.